The van der Waals surface area contributed by atoms with Crippen molar-refractivity contribution >= 4 is 11.0 Å². The second-order valence-corrected chi connectivity index (χ2v) is 5.46. The van der Waals surface area contributed by atoms with Crippen LogP contribution in [0.15, 0.2) is 59.0 Å². The number of fused-ring (bicyclic) bond motifs is 1. The minimum atomic E-state index is -0.553. The maximum atomic E-state index is 10.1. The summed E-state index contributed by atoms with van der Waals surface area (Å²) >= 11 is 0. The SMILES string of the molecule is CC(C)C(O)c1cc2cc(-c3ccccc3)ccc2o1. The number of benzene rings is 2. The predicted molar refractivity (Wildman–Crippen MR) is 81.4 cm³/mol. The number of furan rings is 1. The normalized spacial score (nSPS) is 13.0. The van der Waals surface area contributed by atoms with Gasteiger partial charge in [-0.05, 0) is 35.2 Å². The summed E-state index contributed by atoms with van der Waals surface area (Å²) in [6.07, 6.45) is -0.553. The second kappa shape index (κ2) is 5.14. The molecule has 0 amide bonds. The van der Waals surface area contributed by atoms with E-state index in [1.54, 1.807) is 0 Å². The van der Waals surface area contributed by atoms with E-state index in [0.717, 1.165) is 16.5 Å². The highest BCUT2D eigenvalue weighted by atomic mass is 16.4. The van der Waals surface area contributed by atoms with Gasteiger partial charge in [-0.15, -0.1) is 0 Å². The Morgan fingerprint density at radius 3 is 2.35 bits per heavy atom. The molecule has 1 aromatic heterocycles. The molecular weight excluding hydrogens is 248 g/mol. The summed E-state index contributed by atoms with van der Waals surface area (Å²) in [7, 11) is 0. The Balaban J connectivity index is 2.04. The molecule has 0 aliphatic carbocycles. The maximum Gasteiger partial charge on any atom is 0.134 e. The summed E-state index contributed by atoms with van der Waals surface area (Å²) in [4.78, 5) is 0. The lowest BCUT2D eigenvalue weighted by atomic mass is 10.0. The number of aliphatic hydroxyl groups is 1. The first kappa shape index (κ1) is 12.9. The average Bonchev–Trinajstić information content (AvgIpc) is 2.90. The van der Waals surface area contributed by atoms with E-state index in [0.29, 0.717) is 5.76 Å². The summed E-state index contributed by atoms with van der Waals surface area (Å²) in [6, 6.07) is 18.3. The summed E-state index contributed by atoms with van der Waals surface area (Å²) in [5.74, 6) is 0.782. The summed E-state index contributed by atoms with van der Waals surface area (Å²) in [5, 5.41) is 11.1. The van der Waals surface area contributed by atoms with Crippen LogP contribution in [-0.2, 0) is 0 Å². The monoisotopic (exact) mass is 266 g/mol. The number of rotatable bonds is 3. The standard InChI is InChI=1S/C18H18O2/c1-12(2)18(19)17-11-15-10-14(8-9-16(15)20-17)13-6-4-3-5-7-13/h3-12,18-19H,1-2H3. The van der Waals surface area contributed by atoms with Crippen molar-refractivity contribution in [2.45, 2.75) is 20.0 Å². The van der Waals surface area contributed by atoms with Gasteiger partial charge in [0, 0.05) is 5.39 Å². The van der Waals surface area contributed by atoms with Crippen LogP contribution in [0.4, 0.5) is 0 Å². The first-order valence-electron chi connectivity index (χ1n) is 6.92. The summed E-state index contributed by atoms with van der Waals surface area (Å²) in [5.41, 5.74) is 3.16. The smallest absolute Gasteiger partial charge is 0.134 e. The first-order valence-corrected chi connectivity index (χ1v) is 6.92. The largest absolute Gasteiger partial charge is 0.458 e. The highest BCUT2D eigenvalue weighted by molar-refractivity contribution is 5.84. The lowest BCUT2D eigenvalue weighted by molar-refractivity contribution is 0.104. The minimum Gasteiger partial charge on any atom is -0.458 e. The van der Waals surface area contributed by atoms with Crippen LogP contribution in [0.1, 0.15) is 25.7 Å². The Labute approximate surface area is 118 Å². The van der Waals surface area contributed by atoms with Crippen molar-refractivity contribution in [1.82, 2.24) is 0 Å². The molecule has 1 unspecified atom stereocenters. The first-order chi connectivity index (χ1) is 9.65. The van der Waals surface area contributed by atoms with Crippen LogP contribution in [0, 0.1) is 5.92 Å². The van der Waals surface area contributed by atoms with E-state index in [4.69, 9.17) is 4.42 Å². The van der Waals surface area contributed by atoms with Crippen molar-refractivity contribution in [3.05, 3.63) is 60.4 Å². The van der Waals surface area contributed by atoms with E-state index < -0.39 is 6.10 Å². The van der Waals surface area contributed by atoms with Crippen LogP contribution in [0.3, 0.4) is 0 Å². The molecule has 3 aromatic rings. The third kappa shape index (κ3) is 2.35. The van der Waals surface area contributed by atoms with Crippen LogP contribution in [0.25, 0.3) is 22.1 Å². The minimum absolute atomic E-state index is 0.143. The van der Waals surface area contributed by atoms with Gasteiger partial charge in [-0.3, -0.25) is 0 Å². The Hall–Kier alpha value is -2.06. The molecule has 0 radical (unpaired) electrons. The Bertz CT molecular complexity index is 711. The van der Waals surface area contributed by atoms with Gasteiger partial charge in [0.15, 0.2) is 0 Å². The van der Waals surface area contributed by atoms with Gasteiger partial charge in [-0.1, -0.05) is 50.2 Å². The van der Waals surface area contributed by atoms with Crippen molar-refractivity contribution in [1.29, 1.82) is 0 Å². The van der Waals surface area contributed by atoms with E-state index in [1.807, 2.05) is 50.2 Å². The van der Waals surface area contributed by atoms with E-state index >= 15 is 0 Å². The molecule has 1 atom stereocenters. The quantitative estimate of drug-likeness (QED) is 0.739. The fourth-order valence-electron chi connectivity index (χ4n) is 2.35. The topological polar surface area (TPSA) is 33.4 Å². The predicted octanol–water partition coefficient (Wildman–Crippen LogP) is 4.79. The van der Waals surface area contributed by atoms with Gasteiger partial charge in [-0.25, -0.2) is 0 Å². The fraction of sp³-hybridized carbons (Fsp3) is 0.222. The highest BCUT2D eigenvalue weighted by Crippen LogP contribution is 2.31. The second-order valence-electron chi connectivity index (χ2n) is 5.46. The molecule has 1 heterocycles. The van der Waals surface area contributed by atoms with Gasteiger partial charge in [0.1, 0.15) is 17.4 Å². The lowest BCUT2D eigenvalue weighted by Crippen LogP contribution is -2.03. The molecule has 20 heavy (non-hydrogen) atoms. The van der Waals surface area contributed by atoms with E-state index in [-0.39, 0.29) is 5.92 Å². The molecule has 0 spiro atoms. The van der Waals surface area contributed by atoms with Gasteiger partial charge in [-0.2, -0.15) is 0 Å². The number of hydrogen-bond acceptors (Lipinski definition) is 2. The van der Waals surface area contributed by atoms with Crippen molar-refractivity contribution < 1.29 is 9.52 Å². The fourth-order valence-corrected chi connectivity index (χ4v) is 2.35. The van der Waals surface area contributed by atoms with Crippen LogP contribution in [0.2, 0.25) is 0 Å². The molecule has 2 aromatic carbocycles. The molecule has 1 N–H and O–H groups in total. The maximum absolute atomic E-state index is 10.1. The van der Waals surface area contributed by atoms with E-state index in [1.165, 1.54) is 5.56 Å². The van der Waals surface area contributed by atoms with Gasteiger partial charge in [0.05, 0.1) is 0 Å². The molecule has 2 heteroatoms. The molecule has 0 saturated heterocycles. The van der Waals surface area contributed by atoms with Crippen LogP contribution >= 0.6 is 0 Å². The third-order valence-corrected chi connectivity index (χ3v) is 3.57. The van der Waals surface area contributed by atoms with Crippen molar-refractivity contribution in [3.8, 4) is 11.1 Å². The summed E-state index contributed by atoms with van der Waals surface area (Å²) in [6.45, 7) is 3.96. The van der Waals surface area contributed by atoms with Gasteiger partial charge in [0.25, 0.3) is 0 Å². The van der Waals surface area contributed by atoms with Crippen LogP contribution in [0.5, 0.6) is 0 Å². The lowest BCUT2D eigenvalue weighted by Gasteiger charge is -2.10. The molecule has 0 saturated carbocycles. The Kier molecular flexibility index (Phi) is 3.33. The zero-order valence-corrected chi connectivity index (χ0v) is 11.7. The van der Waals surface area contributed by atoms with Gasteiger partial charge in [0.2, 0.25) is 0 Å². The molecular formula is C18H18O2. The zero-order chi connectivity index (χ0) is 14.1. The highest BCUT2D eigenvalue weighted by Gasteiger charge is 2.17. The zero-order valence-electron chi connectivity index (χ0n) is 11.7. The van der Waals surface area contributed by atoms with Gasteiger partial charge >= 0.3 is 0 Å². The molecule has 3 rings (SSSR count). The van der Waals surface area contributed by atoms with Crippen molar-refractivity contribution in [2.24, 2.45) is 5.92 Å². The van der Waals surface area contributed by atoms with E-state index in [2.05, 4.69) is 18.2 Å². The van der Waals surface area contributed by atoms with Crippen molar-refractivity contribution in [3.63, 3.8) is 0 Å². The molecule has 102 valence electrons. The van der Waals surface area contributed by atoms with E-state index in [9.17, 15) is 5.11 Å². The molecule has 2 nitrogen and oxygen atoms in total. The van der Waals surface area contributed by atoms with Crippen LogP contribution < -0.4 is 0 Å². The van der Waals surface area contributed by atoms with Gasteiger partial charge < -0.3 is 9.52 Å². The molecule has 0 bridgehead atoms. The Morgan fingerprint density at radius 2 is 1.65 bits per heavy atom. The third-order valence-electron chi connectivity index (χ3n) is 3.57. The van der Waals surface area contributed by atoms with Crippen LogP contribution in [-0.4, -0.2) is 5.11 Å². The molecule has 0 aliphatic rings. The number of hydrogen-bond donors (Lipinski definition) is 1. The average molecular weight is 266 g/mol. The molecule has 0 aliphatic heterocycles. The summed E-state index contributed by atoms with van der Waals surface area (Å²) < 4.78 is 5.73. The molecule has 0 fully saturated rings. The van der Waals surface area contributed by atoms with Crippen molar-refractivity contribution in [2.75, 3.05) is 0 Å². The Morgan fingerprint density at radius 1 is 0.900 bits per heavy atom. The number of aliphatic hydroxyl groups excluding tert-OH is 1.